The van der Waals surface area contributed by atoms with Crippen LogP contribution >= 0.6 is 0 Å². The molecule has 0 radical (unpaired) electrons. The largest absolute Gasteiger partial charge is 0.489 e. The predicted octanol–water partition coefficient (Wildman–Crippen LogP) is 2.24. The van der Waals surface area contributed by atoms with E-state index in [1.54, 1.807) is 0 Å². The topological polar surface area (TPSA) is 65.3 Å². The number of hydrogen-bond acceptors (Lipinski definition) is 4. The Bertz CT molecular complexity index is 396. The zero-order valence-corrected chi connectivity index (χ0v) is 8.03. The molecule has 15 heavy (non-hydrogen) atoms. The molecule has 0 amide bonds. The van der Waals surface area contributed by atoms with E-state index in [4.69, 9.17) is 0 Å². The molecule has 7 heteroatoms. The van der Waals surface area contributed by atoms with Crippen LogP contribution in [0.3, 0.4) is 0 Å². The molecule has 0 unspecified atom stereocenters. The summed E-state index contributed by atoms with van der Waals surface area (Å²) in [5, 5.41) is 10.6. The van der Waals surface area contributed by atoms with Gasteiger partial charge in [0.1, 0.15) is 0 Å². The summed E-state index contributed by atoms with van der Waals surface area (Å²) in [4.78, 5) is 13.3. The van der Waals surface area contributed by atoms with Crippen molar-refractivity contribution in [2.45, 2.75) is 13.3 Å². The van der Waals surface area contributed by atoms with Crippen molar-refractivity contribution in [2.24, 2.45) is 0 Å². The molecule has 1 heterocycles. The number of ether oxygens (including phenoxy) is 1. The highest BCUT2D eigenvalue weighted by atomic mass is 19.3. The smallest absolute Gasteiger partial charge is 0.317 e. The van der Waals surface area contributed by atoms with Gasteiger partial charge in [-0.3, -0.25) is 15.1 Å². The molecule has 1 aromatic heterocycles. The molecular weight excluding hydrogens is 210 g/mol. The highest BCUT2D eigenvalue weighted by molar-refractivity contribution is 5.54. The van der Waals surface area contributed by atoms with E-state index in [0.29, 0.717) is 0 Å². The molecule has 0 fully saturated rings. The summed E-state index contributed by atoms with van der Waals surface area (Å²) >= 11 is 0. The van der Waals surface area contributed by atoms with E-state index in [1.165, 1.54) is 6.92 Å². The monoisotopic (exact) mass is 218 g/mol. The van der Waals surface area contributed by atoms with Crippen molar-refractivity contribution in [1.29, 1.82) is 0 Å². The molecule has 0 atom stereocenters. The summed E-state index contributed by atoms with van der Waals surface area (Å²) < 4.78 is 29.4. The van der Waals surface area contributed by atoms with Gasteiger partial charge in [-0.2, -0.15) is 0 Å². The van der Waals surface area contributed by atoms with Crippen molar-refractivity contribution in [3.63, 3.8) is 0 Å². The first-order valence-corrected chi connectivity index (χ1v) is 3.95. The number of rotatable bonds is 3. The number of methoxy groups -OCH3 is 1. The van der Waals surface area contributed by atoms with Crippen molar-refractivity contribution in [3.05, 3.63) is 27.6 Å². The highest BCUT2D eigenvalue weighted by Crippen LogP contribution is 2.36. The van der Waals surface area contributed by atoms with Gasteiger partial charge < -0.3 is 4.74 Å². The van der Waals surface area contributed by atoms with E-state index in [-0.39, 0.29) is 5.56 Å². The zero-order valence-electron chi connectivity index (χ0n) is 8.03. The molecule has 5 nitrogen and oxygen atoms in total. The van der Waals surface area contributed by atoms with Gasteiger partial charge in [0.25, 0.3) is 6.43 Å². The van der Waals surface area contributed by atoms with Crippen LogP contribution in [0.25, 0.3) is 0 Å². The number of hydrogen-bond donors (Lipinski definition) is 0. The first-order valence-electron chi connectivity index (χ1n) is 3.95. The molecule has 82 valence electrons. The third-order valence-corrected chi connectivity index (χ3v) is 1.81. The number of nitro groups is 1. The molecule has 0 bridgehead atoms. The molecule has 0 saturated carbocycles. The Morgan fingerprint density at radius 3 is 2.60 bits per heavy atom. The van der Waals surface area contributed by atoms with Gasteiger partial charge in [-0.25, -0.2) is 8.78 Å². The van der Waals surface area contributed by atoms with E-state index in [0.717, 1.165) is 13.3 Å². The van der Waals surface area contributed by atoms with E-state index in [1.807, 2.05) is 0 Å². The van der Waals surface area contributed by atoms with Gasteiger partial charge in [-0.15, -0.1) is 0 Å². The molecule has 0 saturated heterocycles. The lowest BCUT2D eigenvalue weighted by atomic mass is 10.2. The molecule has 0 aliphatic heterocycles. The summed E-state index contributed by atoms with van der Waals surface area (Å²) in [5.74, 6) is -0.477. The maximum atomic E-state index is 12.4. The lowest BCUT2D eigenvalue weighted by molar-refractivity contribution is -0.386. The van der Waals surface area contributed by atoms with Crippen LogP contribution < -0.4 is 4.74 Å². The standard InChI is InChI=1S/C8H8F2N2O3/c1-4-3-11-5(8(9)10)7(15-2)6(4)12(13)14/h3,8H,1-2H3. The lowest BCUT2D eigenvalue weighted by Crippen LogP contribution is -2.03. The van der Waals surface area contributed by atoms with Crippen LogP contribution in [0.15, 0.2) is 6.20 Å². The van der Waals surface area contributed by atoms with E-state index in [9.17, 15) is 18.9 Å². The second-order valence-corrected chi connectivity index (χ2v) is 2.77. The van der Waals surface area contributed by atoms with Gasteiger partial charge in [0.05, 0.1) is 12.0 Å². The van der Waals surface area contributed by atoms with Crippen molar-refractivity contribution in [1.82, 2.24) is 4.98 Å². The SMILES string of the molecule is COc1c(C(F)F)ncc(C)c1[N+](=O)[O-]. The van der Waals surface area contributed by atoms with Gasteiger partial charge >= 0.3 is 5.69 Å². The van der Waals surface area contributed by atoms with Gasteiger partial charge in [0.2, 0.25) is 5.75 Å². The summed E-state index contributed by atoms with van der Waals surface area (Å²) in [6, 6.07) is 0. The minimum absolute atomic E-state index is 0.182. The van der Waals surface area contributed by atoms with Gasteiger partial charge in [0.15, 0.2) is 5.69 Å². The first kappa shape index (κ1) is 11.3. The van der Waals surface area contributed by atoms with Crippen molar-refractivity contribution in [3.8, 4) is 5.75 Å². The van der Waals surface area contributed by atoms with E-state index >= 15 is 0 Å². The number of aryl methyl sites for hydroxylation is 1. The average Bonchev–Trinajstić information content (AvgIpc) is 2.15. The van der Waals surface area contributed by atoms with Crippen molar-refractivity contribution >= 4 is 5.69 Å². The molecule has 0 N–H and O–H groups in total. The van der Waals surface area contributed by atoms with Crippen LogP contribution in [0.5, 0.6) is 5.75 Å². The molecule has 0 aliphatic carbocycles. The fourth-order valence-electron chi connectivity index (χ4n) is 1.17. The van der Waals surface area contributed by atoms with Gasteiger partial charge in [-0.1, -0.05) is 0 Å². The van der Waals surface area contributed by atoms with E-state index < -0.39 is 28.5 Å². The summed E-state index contributed by atoms with van der Waals surface area (Å²) in [6.07, 6.45) is -1.87. The van der Waals surface area contributed by atoms with Crippen molar-refractivity contribution in [2.75, 3.05) is 7.11 Å². The Balaban J connectivity index is 3.47. The number of nitrogens with zero attached hydrogens (tertiary/aromatic N) is 2. The second-order valence-electron chi connectivity index (χ2n) is 2.77. The number of alkyl halides is 2. The van der Waals surface area contributed by atoms with Crippen LogP contribution in [0.4, 0.5) is 14.5 Å². The maximum Gasteiger partial charge on any atom is 0.317 e. The third kappa shape index (κ3) is 2.00. The minimum atomic E-state index is -2.90. The molecule has 0 spiro atoms. The first-order chi connectivity index (χ1) is 6.99. The second kappa shape index (κ2) is 4.16. The predicted molar refractivity (Wildman–Crippen MR) is 47.1 cm³/mol. The Hall–Kier alpha value is -1.79. The zero-order chi connectivity index (χ0) is 11.6. The normalized spacial score (nSPS) is 10.5. The number of pyridine rings is 1. The quantitative estimate of drug-likeness (QED) is 0.576. The Morgan fingerprint density at radius 2 is 2.20 bits per heavy atom. The maximum absolute atomic E-state index is 12.4. The number of aromatic nitrogens is 1. The van der Waals surface area contributed by atoms with E-state index in [2.05, 4.69) is 9.72 Å². The minimum Gasteiger partial charge on any atom is -0.489 e. The fraction of sp³-hybridized carbons (Fsp3) is 0.375. The average molecular weight is 218 g/mol. The summed E-state index contributed by atoms with van der Waals surface area (Å²) in [7, 11) is 1.09. The lowest BCUT2D eigenvalue weighted by Gasteiger charge is -2.08. The third-order valence-electron chi connectivity index (χ3n) is 1.81. The molecular formula is C8H8F2N2O3. The van der Waals surface area contributed by atoms with Gasteiger partial charge in [0, 0.05) is 11.8 Å². The fourth-order valence-corrected chi connectivity index (χ4v) is 1.17. The summed E-state index contributed by atoms with van der Waals surface area (Å²) in [5.41, 5.74) is -1.00. The van der Waals surface area contributed by atoms with Crippen LogP contribution in [-0.4, -0.2) is 17.0 Å². The Labute approximate surface area is 83.8 Å². The highest BCUT2D eigenvalue weighted by Gasteiger charge is 2.27. The number of halogens is 2. The van der Waals surface area contributed by atoms with Crippen LogP contribution in [-0.2, 0) is 0 Å². The van der Waals surface area contributed by atoms with Crippen LogP contribution in [0.1, 0.15) is 17.7 Å². The van der Waals surface area contributed by atoms with Crippen LogP contribution in [0, 0.1) is 17.0 Å². The van der Waals surface area contributed by atoms with Gasteiger partial charge in [-0.05, 0) is 6.92 Å². The summed E-state index contributed by atoms with van der Waals surface area (Å²) in [6.45, 7) is 1.41. The van der Waals surface area contributed by atoms with Crippen LogP contribution in [0.2, 0.25) is 0 Å². The molecule has 0 aromatic carbocycles. The molecule has 1 rings (SSSR count). The molecule has 1 aromatic rings. The Kier molecular flexibility index (Phi) is 3.13. The van der Waals surface area contributed by atoms with Crippen molar-refractivity contribution < 1.29 is 18.4 Å². The Morgan fingerprint density at radius 1 is 1.60 bits per heavy atom. The molecule has 0 aliphatic rings.